The molecule has 1 heterocycles. The SMILES string of the molecule is COc1cccc(CNC(=O)[C@@H]2Cc3ccccc3CN2)c1. The van der Waals surface area contributed by atoms with Crippen LogP contribution in [0.15, 0.2) is 48.5 Å². The van der Waals surface area contributed by atoms with Crippen LogP contribution in [0.3, 0.4) is 0 Å². The van der Waals surface area contributed by atoms with Crippen molar-refractivity contribution < 1.29 is 9.53 Å². The van der Waals surface area contributed by atoms with Crippen LogP contribution in [0.1, 0.15) is 16.7 Å². The van der Waals surface area contributed by atoms with Crippen molar-refractivity contribution in [2.24, 2.45) is 0 Å². The van der Waals surface area contributed by atoms with Gasteiger partial charge in [0.05, 0.1) is 13.2 Å². The molecule has 114 valence electrons. The van der Waals surface area contributed by atoms with Crippen molar-refractivity contribution in [2.45, 2.75) is 25.6 Å². The van der Waals surface area contributed by atoms with E-state index in [1.165, 1.54) is 11.1 Å². The molecule has 1 amide bonds. The first-order valence-electron chi connectivity index (χ1n) is 7.47. The van der Waals surface area contributed by atoms with Crippen LogP contribution in [-0.4, -0.2) is 19.1 Å². The second kappa shape index (κ2) is 6.62. The summed E-state index contributed by atoms with van der Waals surface area (Å²) in [6.07, 6.45) is 0.736. The molecule has 0 fully saturated rings. The minimum Gasteiger partial charge on any atom is -0.497 e. The van der Waals surface area contributed by atoms with Gasteiger partial charge in [-0.3, -0.25) is 4.79 Å². The van der Waals surface area contributed by atoms with E-state index in [0.29, 0.717) is 6.54 Å². The Labute approximate surface area is 130 Å². The molecule has 0 spiro atoms. The average molecular weight is 296 g/mol. The van der Waals surface area contributed by atoms with Crippen LogP contribution in [0, 0.1) is 0 Å². The Hall–Kier alpha value is -2.33. The van der Waals surface area contributed by atoms with E-state index in [4.69, 9.17) is 4.74 Å². The van der Waals surface area contributed by atoms with E-state index in [0.717, 1.165) is 24.3 Å². The topological polar surface area (TPSA) is 50.4 Å². The molecule has 2 aromatic rings. The maximum absolute atomic E-state index is 12.3. The van der Waals surface area contributed by atoms with Gasteiger partial charge >= 0.3 is 0 Å². The van der Waals surface area contributed by atoms with Crippen molar-refractivity contribution in [1.29, 1.82) is 0 Å². The highest BCUT2D eigenvalue weighted by molar-refractivity contribution is 5.82. The van der Waals surface area contributed by atoms with Crippen LogP contribution in [0.25, 0.3) is 0 Å². The maximum Gasteiger partial charge on any atom is 0.237 e. The third-order valence-electron chi connectivity index (χ3n) is 4.00. The summed E-state index contributed by atoms with van der Waals surface area (Å²) in [6.45, 7) is 1.25. The van der Waals surface area contributed by atoms with E-state index in [1.54, 1.807) is 7.11 Å². The van der Waals surface area contributed by atoms with Crippen molar-refractivity contribution in [2.75, 3.05) is 7.11 Å². The summed E-state index contributed by atoms with van der Waals surface area (Å²) in [5, 5.41) is 6.29. The molecule has 2 N–H and O–H groups in total. The minimum absolute atomic E-state index is 0.0392. The molecule has 0 radical (unpaired) electrons. The van der Waals surface area contributed by atoms with Crippen LogP contribution in [0.4, 0.5) is 0 Å². The van der Waals surface area contributed by atoms with Crippen molar-refractivity contribution in [3.63, 3.8) is 0 Å². The smallest absolute Gasteiger partial charge is 0.237 e. The van der Waals surface area contributed by atoms with Crippen LogP contribution >= 0.6 is 0 Å². The van der Waals surface area contributed by atoms with E-state index in [9.17, 15) is 4.79 Å². The molecule has 4 nitrogen and oxygen atoms in total. The van der Waals surface area contributed by atoms with Gasteiger partial charge in [-0.25, -0.2) is 0 Å². The number of fused-ring (bicyclic) bond motifs is 1. The van der Waals surface area contributed by atoms with Gasteiger partial charge in [-0.1, -0.05) is 36.4 Å². The number of ether oxygens (including phenoxy) is 1. The molecule has 0 aromatic heterocycles. The largest absolute Gasteiger partial charge is 0.497 e. The normalized spacial score (nSPS) is 16.7. The molecule has 0 bridgehead atoms. The summed E-state index contributed by atoms with van der Waals surface area (Å²) in [6, 6.07) is 15.8. The summed E-state index contributed by atoms with van der Waals surface area (Å²) in [5.74, 6) is 0.841. The summed E-state index contributed by atoms with van der Waals surface area (Å²) >= 11 is 0. The van der Waals surface area contributed by atoms with Gasteiger partial charge in [0.25, 0.3) is 0 Å². The van der Waals surface area contributed by atoms with Crippen molar-refractivity contribution in [3.8, 4) is 5.75 Å². The zero-order valence-corrected chi connectivity index (χ0v) is 12.6. The number of nitrogens with one attached hydrogen (secondary N) is 2. The number of hydrogen-bond donors (Lipinski definition) is 2. The van der Waals surface area contributed by atoms with Crippen LogP contribution < -0.4 is 15.4 Å². The molecule has 4 heteroatoms. The Morgan fingerprint density at radius 2 is 2.05 bits per heavy atom. The van der Waals surface area contributed by atoms with Gasteiger partial charge in [0.1, 0.15) is 5.75 Å². The number of hydrogen-bond acceptors (Lipinski definition) is 3. The Morgan fingerprint density at radius 1 is 1.23 bits per heavy atom. The van der Waals surface area contributed by atoms with E-state index in [1.807, 2.05) is 36.4 Å². The fourth-order valence-electron chi connectivity index (χ4n) is 2.73. The molecular weight excluding hydrogens is 276 g/mol. The Kier molecular flexibility index (Phi) is 4.39. The third-order valence-corrected chi connectivity index (χ3v) is 4.00. The number of rotatable bonds is 4. The van der Waals surface area contributed by atoms with Crippen molar-refractivity contribution in [3.05, 3.63) is 65.2 Å². The summed E-state index contributed by atoms with van der Waals surface area (Å²) in [5.41, 5.74) is 3.56. The van der Waals surface area contributed by atoms with Gasteiger partial charge in [-0.05, 0) is 35.2 Å². The van der Waals surface area contributed by atoms with E-state index in [2.05, 4.69) is 22.8 Å². The molecule has 0 unspecified atom stereocenters. The van der Waals surface area contributed by atoms with Crippen LogP contribution in [0.2, 0.25) is 0 Å². The molecule has 0 saturated carbocycles. The number of benzene rings is 2. The lowest BCUT2D eigenvalue weighted by molar-refractivity contribution is -0.123. The van der Waals surface area contributed by atoms with E-state index < -0.39 is 0 Å². The maximum atomic E-state index is 12.3. The lowest BCUT2D eigenvalue weighted by atomic mass is 9.95. The van der Waals surface area contributed by atoms with Crippen LogP contribution in [0.5, 0.6) is 5.75 Å². The fraction of sp³-hybridized carbons (Fsp3) is 0.278. The van der Waals surface area contributed by atoms with E-state index >= 15 is 0 Å². The fourth-order valence-corrected chi connectivity index (χ4v) is 2.73. The number of carbonyl (C=O) groups is 1. The zero-order valence-electron chi connectivity index (χ0n) is 12.6. The lowest BCUT2D eigenvalue weighted by Gasteiger charge is -2.25. The molecule has 1 aliphatic rings. The third kappa shape index (κ3) is 3.28. The van der Waals surface area contributed by atoms with Gasteiger partial charge < -0.3 is 15.4 Å². The van der Waals surface area contributed by atoms with Gasteiger partial charge in [0.15, 0.2) is 0 Å². The van der Waals surface area contributed by atoms with Gasteiger partial charge in [0.2, 0.25) is 5.91 Å². The second-order valence-corrected chi connectivity index (χ2v) is 5.48. The van der Waals surface area contributed by atoms with Crippen LogP contribution in [-0.2, 0) is 24.3 Å². The predicted octanol–water partition coefficient (Wildman–Crippen LogP) is 2.03. The summed E-state index contributed by atoms with van der Waals surface area (Å²) < 4.78 is 5.19. The Bertz CT molecular complexity index is 670. The molecule has 0 aliphatic carbocycles. The molecular formula is C18H20N2O2. The number of amides is 1. The minimum atomic E-state index is -0.166. The highest BCUT2D eigenvalue weighted by atomic mass is 16.5. The molecule has 3 rings (SSSR count). The monoisotopic (exact) mass is 296 g/mol. The molecule has 22 heavy (non-hydrogen) atoms. The first-order chi connectivity index (χ1) is 10.8. The first kappa shape index (κ1) is 14.6. The molecule has 1 aliphatic heterocycles. The highest BCUT2D eigenvalue weighted by Gasteiger charge is 2.23. The average Bonchev–Trinajstić information content (AvgIpc) is 2.59. The van der Waals surface area contributed by atoms with Gasteiger partial charge in [-0.2, -0.15) is 0 Å². The Morgan fingerprint density at radius 3 is 2.86 bits per heavy atom. The summed E-state index contributed by atoms with van der Waals surface area (Å²) in [7, 11) is 1.64. The number of carbonyl (C=O) groups excluding carboxylic acids is 1. The van der Waals surface area contributed by atoms with Gasteiger partial charge in [-0.15, -0.1) is 0 Å². The zero-order chi connectivity index (χ0) is 15.4. The van der Waals surface area contributed by atoms with Crippen molar-refractivity contribution in [1.82, 2.24) is 10.6 Å². The highest BCUT2D eigenvalue weighted by Crippen LogP contribution is 2.16. The van der Waals surface area contributed by atoms with E-state index in [-0.39, 0.29) is 11.9 Å². The molecule has 0 saturated heterocycles. The summed E-state index contributed by atoms with van der Waals surface area (Å²) in [4.78, 5) is 12.3. The first-order valence-corrected chi connectivity index (χ1v) is 7.47. The molecule has 2 aromatic carbocycles. The second-order valence-electron chi connectivity index (χ2n) is 5.48. The van der Waals surface area contributed by atoms with Gasteiger partial charge in [0, 0.05) is 13.1 Å². The predicted molar refractivity (Wildman–Crippen MR) is 85.6 cm³/mol. The quantitative estimate of drug-likeness (QED) is 0.907. The number of methoxy groups -OCH3 is 1. The molecule has 1 atom stereocenters. The Balaban J connectivity index is 1.59. The standard InChI is InChI=1S/C18H20N2O2/c1-22-16-8-4-5-13(9-16)11-20-18(21)17-10-14-6-2-3-7-15(14)12-19-17/h2-9,17,19H,10-12H2,1H3,(H,20,21)/t17-/m0/s1. The van der Waals surface area contributed by atoms with Crippen molar-refractivity contribution >= 4 is 5.91 Å². The lowest BCUT2D eigenvalue weighted by Crippen LogP contribution is -2.47.